The number of allylic oxidation sites excluding steroid dienone is 1. The molecule has 0 aromatic carbocycles. The van der Waals surface area contributed by atoms with Crippen molar-refractivity contribution in [2.45, 2.75) is 52.5 Å². The number of aromatic amines is 1. The Balaban J connectivity index is 1.80. The number of rotatable bonds is 1. The van der Waals surface area contributed by atoms with E-state index in [4.69, 9.17) is 0 Å². The largest absolute Gasteiger partial charge is 0.326 e. The van der Waals surface area contributed by atoms with Crippen molar-refractivity contribution in [1.29, 1.82) is 0 Å². The van der Waals surface area contributed by atoms with Gasteiger partial charge in [-0.15, -0.1) is 0 Å². The normalized spacial score (nSPS) is 33.7. The molecule has 0 unspecified atom stereocenters. The Kier molecular flexibility index (Phi) is 2.35. The summed E-state index contributed by atoms with van der Waals surface area (Å²) in [5.74, 6) is 0.722. The molecule has 1 N–H and O–H groups in total. The SMILES string of the molecule is CC1(C)[C@@H]2CC[C@]1(C)[C@@H](n1c(=O)[nH]c3cnc4c(c31)C=CC4)C2. The average molecular weight is 309 g/mol. The van der Waals surface area contributed by atoms with E-state index >= 15 is 0 Å². The van der Waals surface area contributed by atoms with Crippen LogP contribution in [-0.2, 0) is 6.42 Å². The minimum absolute atomic E-state index is 0.0325. The van der Waals surface area contributed by atoms with Crippen molar-refractivity contribution in [3.63, 3.8) is 0 Å². The van der Waals surface area contributed by atoms with E-state index in [1.54, 1.807) is 0 Å². The number of pyridine rings is 1. The molecule has 3 aliphatic rings. The zero-order valence-corrected chi connectivity index (χ0v) is 14.0. The first kappa shape index (κ1) is 13.6. The van der Waals surface area contributed by atoms with Gasteiger partial charge in [-0.05, 0) is 36.0 Å². The molecule has 2 aromatic rings. The lowest BCUT2D eigenvalue weighted by Gasteiger charge is -2.39. The summed E-state index contributed by atoms with van der Waals surface area (Å²) in [7, 11) is 0. The molecule has 2 saturated carbocycles. The molecule has 0 spiro atoms. The van der Waals surface area contributed by atoms with Gasteiger partial charge in [0.15, 0.2) is 0 Å². The fourth-order valence-electron chi connectivity index (χ4n) is 5.66. The molecule has 0 saturated heterocycles. The maximum Gasteiger partial charge on any atom is 0.326 e. The highest BCUT2D eigenvalue weighted by molar-refractivity contribution is 5.87. The first-order chi connectivity index (χ1) is 10.9. The second-order valence-electron chi connectivity index (χ2n) is 8.41. The fourth-order valence-corrected chi connectivity index (χ4v) is 5.66. The van der Waals surface area contributed by atoms with E-state index in [2.05, 4.69) is 47.5 Å². The topological polar surface area (TPSA) is 50.7 Å². The third-order valence-electron chi connectivity index (χ3n) is 7.53. The summed E-state index contributed by atoms with van der Waals surface area (Å²) in [6.07, 6.45) is 10.6. The number of fused-ring (bicyclic) bond motifs is 5. The van der Waals surface area contributed by atoms with Crippen molar-refractivity contribution in [2.75, 3.05) is 0 Å². The molecule has 120 valence electrons. The predicted molar refractivity (Wildman–Crippen MR) is 91.4 cm³/mol. The number of H-pyrrole nitrogens is 1. The summed E-state index contributed by atoms with van der Waals surface area (Å²) in [5.41, 5.74) is 4.71. The van der Waals surface area contributed by atoms with E-state index in [0.717, 1.165) is 41.1 Å². The maximum atomic E-state index is 12.8. The van der Waals surface area contributed by atoms with Crippen LogP contribution in [0.15, 0.2) is 17.1 Å². The summed E-state index contributed by atoms with van der Waals surface area (Å²) in [6, 6.07) is 0.290. The van der Waals surface area contributed by atoms with Crippen LogP contribution in [0.5, 0.6) is 0 Å². The fraction of sp³-hybridized carbons (Fsp3) is 0.579. The minimum atomic E-state index is 0.0325. The molecule has 4 nitrogen and oxygen atoms in total. The number of hydrogen-bond donors (Lipinski definition) is 1. The standard InChI is InChI=1S/C19H23N3O/c1-18(2)11-7-8-19(18,3)15(9-11)22-16-12-5-4-6-13(12)20-10-14(16)21-17(22)23/h4-5,10-11,15H,6-9H2,1-3H3,(H,21,23)/t11-,15+,19-/m1/s1. The lowest BCUT2D eigenvalue weighted by atomic mass is 9.69. The van der Waals surface area contributed by atoms with Crippen LogP contribution < -0.4 is 5.69 Å². The molecule has 2 bridgehead atoms. The smallest absolute Gasteiger partial charge is 0.304 e. The van der Waals surface area contributed by atoms with Gasteiger partial charge < -0.3 is 4.98 Å². The van der Waals surface area contributed by atoms with Crippen molar-refractivity contribution in [3.05, 3.63) is 34.0 Å². The first-order valence-corrected chi connectivity index (χ1v) is 8.72. The summed E-state index contributed by atoms with van der Waals surface area (Å²) < 4.78 is 2.08. The van der Waals surface area contributed by atoms with Gasteiger partial charge in [-0.25, -0.2) is 4.79 Å². The second kappa shape index (κ2) is 3.97. The van der Waals surface area contributed by atoms with Crippen LogP contribution in [0.3, 0.4) is 0 Å². The van der Waals surface area contributed by atoms with Crippen molar-refractivity contribution in [3.8, 4) is 0 Å². The van der Waals surface area contributed by atoms with Crippen LogP contribution in [0.25, 0.3) is 17.1 Å². The molecular formula is C19H23N3O. The number of imidazole rings is 1. The molecule has 5 rings (SSSR count). The third kappa shape index (κ3) is 1.43. The molecule has 4 heteroatoms. The number of nitrogens with one attached hydrogen (secondary N) is 1. The highest BCUT2D eigenvalue weighted by atomic mass is 16.1. The van der Waals surface area contributed by atoms with Crippen LogP contribution in [0.1, 0.15) is 57.3 Å². The van der Waals surface area contributed by atoms with E-state index in [-0.39, 0.29) is 17.1 Å². The van der Waals surface area contributed by atoms with Gasteiger partial charge in [0.25, 0.3) is 0 Å². The summed E-state index contributed by atoms with van der Waals surface area (Å²) in [6.45, 7) is 7.19. The van der Waals surface area contributed by atoms with Gasteiger partial charge in [-0.2, -0.15) is 0 Å². The van der Waals surface area contributed by atoms with Gasteiger partial charge in [-0.3, -0.25) is 9.55 Å². The molecule has 0 amide bonds. The lowest BCUT2D eigenvalue weighted by Crippen LogP contribution is -2.37. The van der Waals surface area contributed by atoms with E-state index in [9.17, 15) is 4.79 Å². The van der Waals surface area contributed by atoms with Gasteiger partial charge in [0.05, 0.1) is 22.9 Å². The molecule has 2 fully saturated rings. The molecule has 2 heterocycles. The molecule has 0 radical (unpaired) electrons. The van der Waals surface area contributed by atoms with Gasteiger partial charge in [-0.1, -0.05) is 32.9 Å². The van der Waals surface area contributed by atoms with Crippen molar-refractivity contribution in [1.82, 2.24) is 14.5 Å². The molecule has 0 aliphatic heterocycles. The van der Waals surface area contributed by atoms with Crippen LogP contribution in [0.4, 0.5) is 0 Å². The minimum Gasteiger partial charge on any atom is -0.304 e. The Morgan fingerprint density at radius 2 is 2.17 bits per heavy atom. The number of hydrogen-bond acceptors (Lipinski definition) is 2. The van der Waals surface area contributed by atoms with Crippen LogP contribution in [0, 0.1) is 16.7 Å². The maximum absolute atomic E-state index is 12.8. The predicted octanol–water partition coefficient (Wildman–Crippen LogP) is 3.68. The Morgan fingerprint density at radius 1 is 1.35 bits per heavy atom. The van der Waals surface area contributed by atoms with Crippen molar-refractivity contribution >= 4 is 17.1 Å². The van der Waals surface area contributed by atoms with Crippen LogP contribution in [-0.4, -0.2) is 14.5 Å². The summed E-state index contributed by atoms with van der Waals surface area (Å²) in [5, 5.41) is 0. The first-order valence-electron chi connectivity index (χ1n) is 8.72. The van der Waals surface area contributed by atoms with Crippen LogP contribution in [0.2, 0.25) is 0 Å². The Bertz CT molecular complexity index is 917. The van der Waals surface area contributed by atoms with E-state index in [1.807, 2.05) is 6.20 Å². The molecule has 2 aromatic heterocycles. The molecular weight excluding hydrogens is 286 g/mol. The van der Waals surface area contributed by atoms with Gasteiger partial charge in [0.2, 0.25) is 0 Å². The highest BCUT2D eigenvalue weighted by Crippen LogP contribution is 2.69. The Hall–Kier alpha value is -1.84. The summed E-state index contributed by atoms with van der Waals surface area (Å²) in [4.78, 5) is 20.4. The molecule has 3 atom stereocenters. The molecule has 23 heavy (non-hydrogen) atoms. The monoisotopic (exact) mass is 309 g/mol. The van der Waals surface area contributed by atoms with Crippen LogP contribution >= 0.6 is 0 Å². The van der Waals surface area contributed by atoms with Gasteiger partial charge >= 0.3 is 5.69 Å². The summed E-state index contributed by atoms with van der Waals surface area (Å²) >= 11 is 0. The average Bonchev–Trinajstić information content (AvgIpc) is 3.18. The number of aromatic nitrogens is 3. The van der Waals surface area contributed by atoms with Gasteiger partial charge in [0, 0.05) is 18.0 Å². The number of nitrogens with zero attached hydrogens (tertiary/aromatic N) is 2. The lowest BCUT2D eigenvalue weighted by molar-refractivity contribution is 0.108. The highest BCUT2D eigenvalue weighted by Gasteiger charge is 2.62. The van der Waals surface area contributed by atoms with Crippen molar-refractivity contribution < 1.29 is 0 Å². The third-order valence-corrected chi connectivity index (χ3v) is 7.53. The van der Waals surface area contributed by atoms with Crippen molar-refractivity contribution in [2.24, 2.45) is 16.7 Å². The quantitative estimate of drug-likeness (QED) is 0.873. The zero-order valence-electron chi connectivity index (χ0n) is 14.0. The molecule has 3 aliphatic carbocycles. The van der Waals surface area contributed by atoms with E-state index in [1.165, 1.54) is 12.8 Å². The second-order valence-corrected chi connectivity index (χ2v) is 8.41. The Labute approximate surface area is 135 Å². The van der Waals surface area contributed by atoms with Gasteiger partial charge in [0.1, 0.15) is 0 Å². The Morgan fingerprint density at radius 3 is 2.87 bits per heavy atom. The van der Waals surface area contributed by atoms with E-state index < -0.39 is 0 Å². The zero-order chi connectivity index (χ0) is 16.0. The van der Waals surface area contributed by atoms with E-state index in [0.29, 0.717) is 5.41 Å².